The van der Waals surface area contributed by atoms with Crippen LogP contribution in [0, 0.1) is 6.92 Å². The molecule has 0 saturated carbocycles. The van der Waals surface area contributed by atoms with Crippen molar-refractivity contribution in [2.75, 3.05) is 6.26 Å². The average molecular weight is 317 g/mol. The third kappa shape index (κ3) is 3.98. The number of rotatable bonds is 5. The molecule has 1 N–H and O–H groups in total. The molecule has 0 unspecified atom stereocenters. The zero-order chi connectivity index (χ0) is 16.1. The van der Waals surface area contributed by atoms with Crippen LogP contribution in [-0.2, 0) is 11.3 Å². The summed E-state index contributed by atoms with van der Waals surface area (Å²) in [5, 5.41) is 3.45. The highest BCUT2D eigenvalue weighted by Gasteiger charge is 2.13. The van der Waals surface area contributed by atoms with Crippen LogP contribution in [0.25, 0.3) is 0 Å². The molecule has 0 aliphatic rings. The van der Waals surface area contributed by atoms with Crippen LogP contribution in [0.4, 0.5) is 0 Å². The molecule has 0 fully saturated rings. The molecule has 0 saturated heterocycles. The van der Waals surface area contributed by atoms with Crippen molar-refractivity contribution >= 4 is 17.7 Å². The molecular weight excluding hydrogens is 298 g/mol. The Kier molecular flexibility index (Phi) is 5.38. The highest BCUT2D eigenvalue weighted by Crippen LogP contribution is 2.12. The van der Waals surface area contributed by atoms with Crippen molar-refractivity contribution < 1.29 is 4.79 Å². The maximum atomic E-state index is 12.2. The number of amides is 1. The van der Waals surface area contributed by atoms with E-state index in [4.69, 9.17) is 0 Å². The predicted molar refractivity (Wildman–Crippen MR) is 88.0 cm³/mol. The Labute approximate surface area is 133 Å². The van der Waals surface area contributed by atoms with Crippen molar-refractivity contribution in [1.82, 2.24) is 14.9 Å². The Bertz CT molecular complexity index is 713. The van der Waals surface area contributed by atoms with E-state index < -0.39 is 0 Å². The molecule has 1 aromatic carbocycles. The third-order valence-corrected chi connectivity index (χ3v) is 3.94. The van der Waals surface area contributed by atoms with Gasteiger partial charge < -0.3 is 5.32 Å². The van der Waals surface area contributed by atoms with Gasteiger partial charge in [0.05, 0.1) is 6.04 Å². The zero-order valence-corrected chi connectivity index (χ0v) is 13.7. The van der Waals surface area contributed by atoms with Gasteiger partial charge in [-0.05, 0) is 25.7 Å². The van der Waals surface area contributed by atoms with Crippen LogP contribution < -0.4 is 10.9 Å². The van der Waals surface area contributed by atoms with Crippen molar-refractivity contribution in [3.8, 4) is 0 Å². The quantitative estimate of drug-likeness (QED) is 0.678. The molecule has 22 heavy (non-hydrogen) atoms. The lowest BCUT2D eigenvalue weighted by atomic mass is 10.1. The second-order valence-corrected chi connectivity index (χ2v) is 5.78. The van der Waals surface area contributed by atoms with Crippen LogP contribution in [0.3, 0.4) is 0 Å². The molecule has 2 rings (SSSR count). The van der Waals surface area contributed by atoms with Gasteiger partial charge in [0.1, 0.15) is 6.54 Å². The minimum Gasteiger partial charge on any atom is -0.348 e. The molecule has 2 aromatic rings. The van der Waals surface area contributed by atoms with Crippen LogP contribution in [-0.4, -0.2) is 21.7 Å². The van der Waals surface area contributed by atoms with E-state index in [0.717, 1.165) is 5.56 Å². The standard InChI is InChI=1S/C16H19N3O2S/c1-11-9-15(21)19(16(17-11)22-3)10-14(20)18-12(2)13-7-5-4-6-8-13/h4-9,12H,10H2,1-3H3,(H,18,20)/t12-/m0/s1. The lowest BCUT2D eigenvalue weighted by Crippen LogP contribution is -2.34. The van der Waals surface area contributed by atoms with Gasteiger partial charge in [-0.3, -0.25) is 14.2 Å². The first-order chi connectivity index (χ1) is 10.5. The number of thioether (sulfide) groups is 1. The summed E-state index contributed by atoms with van der Waals surface area (Å²) in [5.74, 6) is -0.209. The van der Waals surface area contributed by atoms with Gasteiger partial charge in [-0.15, -0.1) is 0 Å². The summed E-state index contributed by atoms with van der Waals surface area (Å²) >= 11 is 1.35. The molecule has 0 radical (unpaired) electrons. The number of aromatic nitrogens is 2. The first kappa shape index (κ1) is 16.3. The Morgan fingerprint density at radius 2 is 2.05 bits per heavy atom. The third-order valence-electron chi connectivity index (χ3n) is 3.26. The smallest absolute Gasteiger partial charge is 0.254 e. The van der Waals surface area contributed by atoms with Gasteiger partial charge in [0.2, 0.25) is 5.91 Å². The van der Waals surface area contributed by atoms with Crippen molar-refractivity contribution in [2.24, 2.45) is 0 Å². The minimum atomic E-state index is -0.209. The van der Waals surface area contributed by atoms with Gasteiger partial charge in [0, 0.05) is 11.8 Å². The molecule has 0 aliphatic heterocycles. The Morgan fingerprint density at radius 3 is 2.68 bits per heavy atom. The van der Waals surface area contributed by atoms with Crippen LogP contribution in [0.2, 0.25) is 0 Å². The number of hydrogen-bond donors (Lipinski definition) is 1. The highest BCUT2D eigenvalue weighted by molar-refractivity contribution is 7.98. The number of carbonyl (C=O) groups excluding carboxylic acids is 1. The van der Waals surface area contributed by atoms with Crippen LogP contribution >= 0.6 is 11.8 Å². The fourth-order valence-corrected chi connectivity index (χ4v) is 2.76. The fraction of sp³-hybridized carbons (Fsp3) is 0.312. The van der Waals surface area contributed by atoms with Crippen LogP contribution in [0.15, 0.2) is 46.3 Å². The van der Waals surface area contributed by atoms with E-state index in [1.54, 1.807) is 6.92 Å². The lowest BCUT2D eigenvalue weighted by Gasteiger charge is -2.16. The number of nitrogens with zero attached hydrogens (tertiary/aromatic N) is 2. The summed E-state index contributed by atoms with van der Waals surface area (Å²) < 4.78 is 1.39. The van der Waals surface area contributed by atoms with E-state index in [0.29, 0.717) is 10.9 Å². The molecule has 1 aromatic heterocycles. The second kappa shape index (κ2) is 7.26. The van der Waals surface area contributed by atoms with Gasteiger partial charge in [-0.25, -0.2) is 4.98 Å². The normalized spacial score (nSPS) is 12.0. The second-order valence-electron chi connectivity index (χ2n) is 5.01. The maximum Gasteiger partial charge on any atom is 0.254 e. The van der Waals surface area contributed by atoms with Crippen molar-refractivity contribution in [3.05, 3.63) is 58.0 Å². The number of carbonyl (C=O) groups is 1. The Morgan fingerprint density at radius 1 is 1.36 bits per heavy atom. The molecular formula is C16H19N3O2S. The maximum absolute atomic E-state index is 12.2. The van der Waals surface area contributed by atoms with E-state index >= 15 is 0 Å². The molecule has 0 aliphatic carbocycles. The molecule has 116 valence electrons. The number of benzene rings is 1. The molecule has 0 spiro atoms. The summed E-state index contributed by atoms with van der Waals surface area (Å²) in [6, 6.07) is 11.0. The van der Waals surface area contributed by atoms with E-state index in [1.807, 2.05) is 43.5 Å². The van der Waals surface area contributed by atoms with Crippen molar-refractivity contribution in [3.63, 3.8) is 0 Å². The van der Waals surface area contributed by atoms with Crippen LogP contribution in [0.5, 0.6) is 0 Å². The molecule has 6 heteroatoms. The summed E-state index contributed by atoms with van der Waals surface area (Å²) in [4.78, 5) is 28.5. The Hall–Kier alpha value is -2.08. The fourth-order valence-electron chi connectivity index (χ4n) is 2.15. The predicted octanol–water partition coefficient (Wildman–Crippen LogP) is 2.15. The van der Waals surface area contributed by atoms with Crippen LogP contribution in [0.1, 0.15) is 24.2 Å². The summed E-state index contributed by atoms with van der Waals surface area (Å²) in [7, 11) is 0. The van der Waals surface area contributed by atoms with Gasteiger partial charge >= 0.3 is 0 Å². The first-order valence-electron chi connectivity index (χ1n) is 6.98. The minimum absolute atomic E-state index is 0.0283. The molecule has 1 heterocycles. The monoisotopic (exact) mass is 317 g/mol. The Balaban J connectivity index is 2.11. The molecule has 5 nitrogen and oxygen atoms in total. The molecule has 0 bridgehead atoms. The van der Waals surface area contributed by atoms with E-state index in [1.165, 1.54) is 22.4 Å². The van der Waals surface area contributed by atoms with Crippen molar-refractivity contribution in [2.45, 2.75) is 31.6 Å². The number of nitrogens with one attached hydrogen (secondary N) is 1. The molecule has 1 atom stereocenters. The topological polar surface area (TPSA) is 64.0 Å². The SMILES string of the molecule is CSc1nc(C)cc(=O)n1CC(=O)N[C@@H](C)c1ccccc1. The largest absolute Gasteiger partial charge is 0.348 e. The summed E-state index contributed by atoms with van der Waals surface area (Å²) in [5.41, 5.74) is 1.47. The van der Waals surface area contributed by atoms with E-state index in [-0.39, 0.29) is 24.1 Å². The van der Waals surface area contributed by atoms with Gasteiger partial charge in [0.25, 0.3) is 5.56 Å². The summed E-state index contributed by atoms with van der Waals surface area (Å²) in [6.07, 6.45) is 1.84. The average Bonchev–Trinajstić information content (AvgIpc) is 2.50. The first-order valence-corrected chi connectivity index (χ1v) is 8.20. The van der Waals surface area contributed by atoms with Gasteiger partial charge in [-0.1, -0.05) is 42.1 Å². The van der Waals surface area contributed by atoms with E-state index in [9.17, 15) is 9.59 Å². The van der Waals surface area contributed by atoms with Gasteiger partial charge in [-0.2, -0.15) is 0 Å². The molecule has 1 amide bonds. The zero-order valence-electron chi connectivity index (χ0n) is 12.9. The van der Waals surface area contributed by atoms with Crippen molar-refractivity contribution in [1.29, 1.82) is 0 Å². The van der Waals surface area contributed by atoms with Gasteiger partial charge in [0.15, 0.2) is 5.16 Å². The van der Waals surface area contributed by atoms with E-state index in [2.05, 4.69) is 10.3 Å². The highest BCUT2D eigenvalue weighted by atomic mass is 32.2. The lowest BCUT2D eigenvalue weighted by molar-refractivity contribution is -0.122. The number of hydrogen-bond acceptors (Lipinski definition) is 4. The summed E-state index contributed by atoms with van der Waals surface area (Å²) in [6.45, 7) is 3.65. The number of aryl methyl sites for hydroxylation is 1.